The fourth-order valence-corrected chi connectivity index (χ4v) is 4.95. The van der Waals surface area contributed by atoms with Gasteiger partial charge in [0.25, 0.3) is 5.91 Å². The van der Waals surface area contributed by atoms with Crippen LogP contribution in [0.15, 0.2) is 101 Å². The molecule has 5 rings (SSSR count). The predicted molar refractivity (Wildman–Crippen MR) is 142 cm³/mol. The SMILES string of the molecule is O=C(O)c1ccc(CN2C(=O)/C(=C/c3ccc4ccccc4c3)SC2=Nc2ccc(C(F)(F)F)cc2)cc1. The summed E-state index contributed by atoms with van der Waals surface area (Å²) in [5.41, 5.74) is 1.10. The Morgan fingerprint density at radius 3 is 2.26 bits per heavy atom. The summed E-state index contributed by atoms with van der Waals surface area (Å²) < 4.78 is 38.9. The van der Waals surface area contributed by atoms with Gasteiger partial charge >= 0.3 is 12.1 Å². The molecule has 1 amide bonds. The lowest BCUT2D eigenvalue weighted by Crippen LogP contribution is -2.28. The first-order valence-electron chi connectivity index (χ1n) is 11.5. The van der Waals surface area contributed by atoms with Crippen LogP contribution in [0.3, 0.4) is 0 Å². The second-order valence-electron chi connectivity index (χ2n) is 8.55. The van der Waals surface area contributed by atoms with Crippen molar-refractivity contribution in [2.24, 2.45) is 4.99 Å². The normalized spacial score (nSPS) is 16.1. The Hall–Kier alpha value is -4.37. The van der Waals surface area contributed by atoms with Crippen LogP contribution in [0.5, 0.6) is 0 Å². The molecule has 9 heteroatoms. The Labute approximate surface area is 219 Å². The highest BCUT2D eigenvalue weighted by Gasteiger charge is 2.34. The van der Waals surface area contributed by atoms with E-state index in [4.69, 9.17) is 5.11 Å². The van der Waals surface area contributed by atoms with E-state index in [0.29, 0.717) is 15.6 Å². The zero-order chi connectivity index (χ0) is 26.9. The molecule has 38 heavy (non-hydrogen) atoms. The minimum absolute atomic E-state index is 0.111. The second-order valence-corrected chi connectivity index (χ2v) is 9.56. The number of amidine groups is 1. The van der Waals surface area contributed by atoms with Crippen molar-refractivity contribution >= 4 is 51.3 Å². The van der Waals surface area contributed by atoms with E-state index < -0.39 is 17.7 Å². The Kier molecular flexibility index (Phi) is 6.77. The average molecular weight is 533 g/mol. The van der Waals surface area contributed by atoms with Gasteiger partial charge in [-0.2, -0.15) is 13.2 Å². The zero-order valence-electron chi connectivity index (χ0n) is 19.6. The third-order valence-corrected chi connectivity index (χ3v) is 6.93. The van der Waals surface area contributed by atoms with Crippen molar-refractivity contribution < 1.29 is 27.9 Å². The van der Waals surface area contributed by atoms with Gasteiger partial charge in [0.2, 0.25) is 0 Å². The van der Waals surface area contributed by atoms with E-state index >= 15 is 0 Å². The Morgan fingerprint density at radius 1 is 0.921 bits per heavy atom. The van der Waals surface area contributed by atoms with E-state index in [1.165, 1.54) is 29.2 Å². The summed E-state index contributed by atoms with van der Waals surface area (Å²) in [7, 11) is 0. The van der Waals surface area contributed by atoms with Crippen molar-refractivity contribution in [2.75, 3.05) is 0 Å². The van der Waals surface area contributed by atoms with Crippen LogP contribution in [-0.4, -0.2) is 27.1 Å². The fraction of sp³-hybridized carbons (Fsp3) is 0.0690. The molecule has 0 bridgehead atoms. The molecule has 1 aliphatic heterocycles. The molecule has 0 atom stereocenters. The van der Waals surface area contributed by atoms with Gasteiger partial charge < -0.3 is 5.11 Å². The summed E-state index contributed by atoms with van der Waals surface area (Å²) >= 11 is 1.13. The third kappa shape index (κ3) is 5.47. The standard InChI is InChI=1S/C29H19F3N2O3S/c30-29(31,32)23-11-13-24(14-12-23)33-28-34(17-18-5-9-21(10-6-18)27(36)37)26(35)25(38-28)16-19-7-8-20-3-1-2-4-22(20)15-19/h1-16H,17H2,(H,36,37)/b25-16-,33-28?. The number of carboxylic acids is 1. The van der Waals surface area contributed by atoms with Crippen LogP contribution in [-0.2, 0) is 17.5 Å². The number of aliphatic imine (C=N–C) groups is 1. The van der Waals surface area contributed by atoms with Gasteiger partial charge in [0.15, 0.2) is 5.17 Å². The van der Waals surface area contributed by atoms with Crippen molar-refractivity contribution in [3.8, 4) is 0 Å². The maximum absolute atomic E-state index is 13.5. The van der Waals surface area contributed by atoms with Crippen LogP contribution >= 0.6 is 11.8 Å². The Bertz CT molecular complexity index is 1590. The number of nitrogens with zero attached hydrogens (tertiary/aromatic N) is 2. The van der Waals surface area contributed by atoms with E-state index in [-0.39, 0.29) is 23.7 Å². The van der Waals surface area contributed by atoms with Gasteiger partial charge in [-0.05, 0) is 82.2 Å². The summed E-state index contributed by atoms with van der Waals surface area (Å²) in [5, 5.41) is 11.5. The topological polar surface area (TPSA) is 70.0 Å². The van der Waals surface area contributed by atoms with E-state index in [2.05, 4.69) is 4.99 Å². The molecule has 0 radical (unpaired) electrons. The smallest absolute Gasteiger partial charge is 0.416 e. The molecule has 0 spiro atoms. The van der Waals surface area contributed by atoms with Gasteiger partial charge in [-0.3, -0.25) is 9.69 Å². The molecule has 4 aromatic carbocycles. The van der Waals surface area contributed by atoms with Crippen LogP contribution in [0.25, 0.3) is 16.8 Å². The number of benzene rings is 4. The number of carbonyl (C=O) groups is 2. The number of carbonyl (C=O) groups excluding carboxylic acids is 1. The Balaban J connectivity index is 1.49. The lowest BCUT2D eigenvalue weighted by Gasteiger charge is -2.16. The first kappa shape index (κ1) is 25.3. The number of carboxylic acid groups (broad SMARTS) is 1. The highest BCUT2D eigenvalue weighted by molar-refractivity contribution is 8.18. The van der Waals surface area contributed by atoms with Crippen LogP contribution < -0.4 is 0 Å². The number of amides is 1. The predicted octanol–water partition coefficient (Wildman–Crippen LogP) is 7.36. The van der Waals surface area contributed by atoms with E-state index in [0.717, 1.165) is 40.2 Å². The highest BCUT2D eigenvalue weighted by atomic mass is 32.2. The van der Waals surface area contributed by atoms with Crippen LogP contribution in [0, 0.1) is 0 Å². The quantitative estimate of drug-likeness (QED) is 0.273. The third-order valence-electron chi connectivity index (χ3n) is 5.92. The van der Waals surface area contributed by atoms with Gasteiger partial charge in [0.1, 0.15) is 0 Å². The Morgan fingerprint density at radius 2 is 1.61 bits per heavy atom. The number of rotatable bonds is 5. The number of fused-ring (bicyclic) bond motifs is 1. The van der Waals surface area contributed by atoms with Crippen molar-refractivity contribution in [3.63, 3.8) is 0 Å². The summed E-state index contributed by atoms with van der Waals surface area (Å²) in [6.07, 6.45) is -2.71. The molecular formula is C29H19F3N2O3S. The summed E-state index contributed by atoms with van der Waals surface area (Å²) in [5.74, 6) is -1.37. The molecular weight excluding hydrogens is 513 g/mol. The van der Waals surface area contributed by atoms with Crippen molar-refractivity contribution in [3.05, 3.63) is 118 Å². The van der Waals surface area contributed by atoms with E-state index in [1.807, 2.05) is 42.5 Å². The van der Waals surface area contributed by atoms with Crippen LogP contribution in [0.2, 0.25) is 0 Å². The molecule has 1 heterocycles. The van der Waals surface area contributed by atoms with E-state index in [9.17, 15) is 22.8 Å². The number of hydrogen-bond acceptors (Lipinski definition) is 4. The minimum atomic E-state index is -4.46. The van der Waals surface area contributed by atoms with Gasteiger partial charge in [-0.1, -0.05) is 48.5 Å². The number of hydrogen-bond donors (Lipinski definition) is 1. The summed E-state index contributed by atoms with van der Waals surface area (Å²) in [4.78, 5) is 31.0. The molecule has 1 fully saturated rings. The highest BCUT2D eigenvalue weighted by Crippen LogP contribution is 2.36. The second kappa shape index (κ2) is 10.2. The maximum Gasteiger partial charge on any atom is 0.416 e. The molecule has 1 N–H and O–H groups in total. The molecule has 0 saturated carbocycles. The molecule has 0 aliphatic carbocycles. The lowest BCUT2D eigenvalue weighted by molar-refractivity contribution is -0.137. The van der Waals surface area contributed by atoms with Crippen LogP contribution in [0.1, 0.15) is 27.0 Å². The molecule has 5 nitrogen and oxygen atoms in total. The van der Waals surface area contributed by atoms with Crippen molar-refractivity contribution in [2.45, 2.75) is 12.7 Å². The molecule has 190 valence electrons. The largest absolute Gasteiger partial charge is 0.478 e. The molecule has 4 aromatic rings. The fourth-order valence-electron chi connectivity index (χ4n) is 3.95. The number of alkyl halides is 3. The van der Waals surface area contributed by atoms with Gasteiger partial charge in [0, 0.05) is 0 Å². The average Bonchev–Trinajstić information content (AvgIpc) is 3.17. The van der Waals surface area contributed by atoms with Crippen molar-refractivity contribution in [1.82, 2.24) is 4.90 Å². The number of halogens is 3. The maximum atomic E-state index is 13.5. The molecule has 0 unspecified atom stereocenters. The lowest BCUT2D eigenvalue weighted by atomic mass is 10.1. The number of thioether (sulfide) groups is 1. The first-order valence-corrected chi connectivity index (χ1v) is 12.3. The molecule has 1 aliphatic rings. The summed E-state index contributed by atoms with van der Waals surface area (Å²) in [6.45, 7) is 0.111. The van der Waals surface area contributed by atoms with Gasteiger partial charge in [-0.25, -0.2) is 9.79 Å². The molecule has 1 saturated heterocycles. The molecule has 0 aromatic heterocycles. The minimum Gasteiger partial charge on any atom is -0.478 e. The van der Waals surface area contributed by atoms with Gasteiger partial charge in [0.05, 0.1) is 28.3 Å². The van der Waals surface area contributed by atoms with Gasteiger partial charge in [-0.15, -0.1) is 0 Å². The van der Waals surface area contributed by atoms with Crippen molar-refractivity contribution in [1.29, 1.82) is 0 Å². The first-order chi connectivity index (χ1) is 18.2. The van der Waals surface area contributed by atoms with Crippen LogP contribution in [0.4, 0.5) is 18.9 Å². The monoisotopic (exact) mass is 532 g/mol. The number of aromatic carboxylic acids is 1. The zero-order valence-corrected chi connectivity index (χ0v) is 20.5. The summed E-state index contributed by atoms with van der Waals surface area (Å²) in [6, 6.07) is 24.2. The van der Waals surface area contributed by atoms with E-state index in [1.54, 1.807) is 18.2 Å².